The summed E-state index contributed by atoms with van der Waals surface area (Å²) in [7, 11) is 0. The lowest BCUT2D eigenvalue weighted by molar-refractivity contribution is -0.124. The Labute approximate surface area is 117 Å². The number of nitrogens with one attached hydrogen (secondary N) is 1. The van der Waals surface area contributed by atoms with E-state index < -0.39 is 5.54 Å². The molecule has 2 saturated carbocycles. The van der Waals surface area contributed by atoms with Crippen LogP contribution in [0.2, 0.25) is 0 Å². The minimum Gasteiger partial charge on any atom is -0.468 e. The summed E-state index contributed by atoms with van der Waals surface area (Å²) in [6.45, 7) is 0. The smallest absolute Gasteiger partial charge is 0.238 e. The first-order chi connectivity index (χ1) is 9.21. The molecule has 3 rings (SSSR count). The summed E-state index contributed by atoms with van der Waals surface area (Å²) < 4.78 is 5.32. The summed E-state index contributed by atoms with van der Waals surface area (Å²) in [5.74, 6) is 2.72. The van der Waals surface area contributed by atoms with Crippen LogP contribution >= 0.6 is 11.8 Å². The standard InChI is InChI=1S/C14H20N2O2S/c15-13(17)14(10-3-4-10,16-11-5-6-11)9-19-8-12-2-1-7-18-12/h1-2,7,10-11,16H,3-6,8-9H2,(H2,15,17). The highest BCUT2D eigenvalue weighted by atomic mass is 32.2. The molecule has 1 aromatic rings. The molecule has 0 saturated heterocycles. The zero-order valence-electron chi connectivity index (χ0n) is 10.9. The van der Waals surface area contributed by atoms with Crippen LogP contribution in [0.25, 0.3) is 0 Å². The molecule has 2 aliphatic rings. The van der Waals surface area contributed by atoms with Gasteiger partial charge in [0.15, 0.2) is 0 Å². The van der Waals surface area contributed by atoms with Gasteiger partial charge >= 0.3 is 0 Å². The molecule has 0 aliphatic heterocycles. The first-order valence-electron chi connectivity index (χ1n) is 6.88. The zero-order chi connectivity index (χ0) is 13.3. The van der Waals surface area contributed by atoms with Gasteiger partial charge in [-0.15, -0.1) is 0 Å². The van der Waals surface area contributed by atoms with Crippen molar-refractivity contribution in [2.24, 2.45) is 11.7 Å². The van der Waals surface area contributed by atoms with Crippen LogP contribution in [0, 0.1) is 5.92 Å². The van der Waals surface area contributed by atoms with Crippen molar-refractivity contribution in [1.29, 1.82) is 0 Å². The molecule has 1 amide bonds. The minimum atomic E-state index is -0.502. The van der Waals surface area contributed by atoms with Crippen molar-refractivity contribution in [3.8, 4) is 0 Å². The second-order valence-electron chi connectivity index (χ2n) is 5.60. The Morgan fingerprint density at radius 1 is 1.47 bits per heavy atom. The van der Waals surface area contributed by atoms with Gasteiger partial charge in [0.25, 0.3) is 0 Å². The number of thioether (sulfide) groups is 1. The molecule has 0 aromatic carbocycles. The Bertz CT molecular complexity index is 440. The quantitative estimate of drug-likeness (QED) is 0.763. The van der Waals surface area contributed by atoms with E-state index in [1.807, 2.05) is 12.1 Å². The van der Waals surface area contributed by atoms with Gasteiger partial charge in [0.2, 0.25) is 5.91 Å². The second kappa shape index (κ2) is 5.21. The van der Waals surface area contributed by atoms with Crippen molar-refractivity contribution < 1.29 is 9.21 Å². The molecule has 1 aromatic heterocycles. The van der Waals surface area contributed by atoms with Gasteiger partial charge in [-0.05, 0) is 43.7 Å². The third-order valence-corrected chi connectivity index (χ3v) is 5.06. The predicted molar refractivity (Wildman–Crippen MR) is 75.7 cm³/mol. The maximum atomic E-state index is 12.0. The van der Waals surface area contributed by atoms with E-state index in [0.717, 1.165) is 30.1 Å². The van der Waals surface area contributed by atoms with Gasteiger partial charge in [0.1, 0.15) is 11.3 Å². The molecule has 4 nitrogen and oxygen atoms in total. The summed E-state index contributed by atoms with van der Waals surface area (Å²) in [6, 6.07) is 4.35. The molecule has 5 heteroatoms. The molecule has 1 unspecified atom stereocenters. The highest BCUT2D eigenvalue weighted by molar-refractivity contribution is 7.98. The van der Waals surface area contributed by atoms with Crippen molar-refractivity contribution in [2.45, 2.75) is 43.0 Å². The van der Waals surface area contributed by atoms with Gasteiger partial charge < -0.3 is 10.2 Å². The molecule has 2 fully saturated rings. The van der Waals surface area contributed by atoms with Crippen LogP contribution in [0.5, 0.6) is 0 Å². The lowest BCUT2D eigenvalue weighted by Crippen LogP contribution is -2.60. The second-order valence-corrected chi connectivity index (χ2v) is 6.59. The number of hydrogen-bond acceptors (Lipinski definition) is 4. The van der Waals surface area contributed by atoms with E-state index in [4.69, 9.17) is 10.2 Å². The van der Waals surface area contributed by atoms with Crippen molar-refractivity contribution in [3.63, 3.8) is 0 Å². The zero-order valence-corrected chi connectivity index (χ0v) is 11.7. The number of carbonyl (C=O) groups excluding carboxylic acids is 1. The lowest BCUT2D eigenvalue weighted by atomic mass is 9.94. The fraction of sp³-hybridized carbons (Fsp3) is 0.643. The van der Waals surface area contributed by atoms with Crippen LogP contribution < -0.4 is 11.1 Å². The first-order valence-corrected chi connectivity index (χ1v) is 8.04. The fourth-order valence-electron chi connectivity index (χ4n) is 2.50. The SMILES string of the molecule is NC(=O)C(CSCc1ccco1)(NC1CC1)C1CC1. The summed E-state index contributed by atoms with van der Waals surface area (Å²) >= 11 is 1.73. The number of carbonyl (C=O) groups is 1. The largest absolute Gasteiger partial charge is 0.468 e. The topological polar surface area (TPSA) is 68.3 Å². The molecule has 104 valence electrons. The maximum absolute atomic E-state index is 12.0. The van der Waals surface area contributed by atoms with Crippen LogP contribution in [0.15, 0.2) is 22.8 Å². The van der Waals surface area contributed by atoms with Gasteiger partial charge in [-0.1, -0.05) is 0 Å². The molecule has 3 N–H and O–H groups in total. The molecule has 2 aliphatic carbocycles. The van der Waals surface area contributed by atoms with Gasteiger partial charge in [-0.25, -0.2) is 0 Å². The van der Waals surface area contributed by atoms with Crippen molar-refractivity contribution in [1.82, 2.24) is 5.32 Å². The monoisotopic (exact) mass is 280 g/mol. The minimum absolute atomic E-state index is 0.186. The Balaban J connectivity index is 1.62. The van der Waals surface area contributed by atoms with E-state index in [1.54, 1.807) is 18.0 Å². The van der Waals surface area contributed by atoms with Crippen LogP contribution in [0.1, 0.15) is 31.4 Å². The number of furan rings is 1. The fourth-order valence-corrected chi connectivity index (χ4v) is 3.75. The van der Waals surface area contributed by atoms with Gasteiger partial charge in [0, 0.05) is 11.8 Å². The summed E-state index contributed by atoms with van der Waals surface area (Å²) in [4.78, 5) is 12.0. The molecule has 19 heavy (non-hydrogen) atoms. The number of hydrogen-bond donors (Lipinski definition) is 2. The van der Waals surface area contributed by atoms with E-state index in [1.165, 1.54) is 12.8 Å². The Morgan fingerprint density at radius 2 is 2.26 bits per heavy atom. The van der Waals surface area contributed by atoms with E-state index in [2.05, 4.69) is 5.32 Å². The highest BCUT2D eigenvalue weighted by Crippen LogP contribution is 2.43. The van der Waals surface area contributed by atoms with E-state index in [0.29, 0.717) is 12.0 Å². The molecular weight excluding hydrogens is 260 g/mol. The lowest BCUT2D eigenvalue weighted by Gasteiger charge is -2.32. The summed E-state index contributed by atoms with van der Waals surface area (Å²) in [6.07, 6.45) is 6.25. The van der Waals surface area contributed by atoms with Crippen molar-refractivity contribution >= 4 is 17.7 Å². The number of primary amides is 1. The van der Waals surface area contributed by atoms with E-state index in [-0.39, 0.29) is 5.91 Å². The van der Waals surface area contributed by atoms with Crippen molar-refractivity contribution in [2.75, 3.05) is 5.75 Å². The van der Waals surface area contributed by atoms with Crippen LogP contribution in [-0.4, -0.2) is 23.2 Å². The Hall–Kier alpha value is -0.940. The van der Waals surface area contributed by atoms with Crippen LogP contribution in [0.4, 0.5) is 0 Å². The molecule has 0 spiro atoms. The van der Waals surface area contributed by atoms with Gasteiger partial charge in [-0.2, -0.15) is 11.8 Å². The molecule has 0 radical (unpaired) electrons. The normalized spacial score (nSPS) is 22.1. The summed E-state index contributed by atoms with van der Waals surface area (Å²) in [5, 5.41) is 3.52. The first kappa shape index (κ1) is 13.1. The average Bonchev–Trinajstić information content (AvgIpc) is 3.29. The Morgan fingerprint density at radius 3 is 2.79 bits per heavy atom. The number of amides is 1. The Kier molecular flexibility index (Phi) is 3.58. The van der Waals surface area contributed by atoms with E-state index >= 15 is 0 Å². The van der Waals surface area contributed by atoms with Gasteiger partial charge in [0.05, 0.1) is 12.0 Å². The third-order valence-electron chi connectivity index (χ3n) is 3.91. The average molecular weight is 280 g/mol. The molecule has 1 atom stereocenters. The van der Waals surface area contributed by atoms with Crippen molar-refractivity contribution in [3.05, 3.63) is 24.2 Å². The molecule has 1 heterocycles. The third kappa shape index (κ3) is 2.98. The van der Waals surface area contributed by atoms with Crippen LogP contribution in [-0.2, 0) is 10.5 Å². The maximum Gasteiger partial charge on any atom is 0.238 e. The predicted octanol–water partition coefficient (Wildman–Crippen LogP) is 1.90. The molecular formula is C14H20N2O2S. The van der Waals surface area contributed by atoms with Crippen LogP contribution in [0.3, 0.4) is 0 Å². The molecule has 0 bridgehead atoms. The number of nitrogens with two attached hydrogens (primary N) is 1. The van der Waals surface area contributed by atoms with Gasteiger partial charge in [-0.3, -0.25) is 10.1 Å². The highest BCUT2D eigenvalue weighted by Gasteiger charge is 2.51. The number of rotatable bonds is 8. The van der Waals surface area contributed by atoms with E-state index in [9.17, 15) is 4.79 Å². The summed E-state index contributed by atoms with van der Waals surface area (Å²) in [5.41, 5.74) is 5.21.